The van der Waals surface area contributed by atoms with Crippen molar-refractivity contribution in [1.29, 1.82) is 0 Å². The Labute approximate surface area is 77.5 Å². The van der Waals surface area contributed by atoms with Crippen LogP contribution in [0.25, 0.3) is 0 Å². The molecule has 2 fully saturated rings. The SMILES string of the molecule is O=C1C2C=CC1[C@@H]1C3C=CC(C3)[C@H]21. The van der Waals surface area contributed by atoms with E-state index in [0.29, 0.717) is 29.5 Å². The summed E-state index contributed by atoms with van der Waals surface area (Å²) in [6, 6.07) is 0. The van der Waals surface area contributed by atoms with Gasteiger partial charge in [-0.3, -0.25) is 4.79 Å². The van der Waals surface area contributed by atoms with E-state index in [1.165, 1.54) is 6.42 Å². The fourth-order valence-electron chi connectivity index (χ4n) is 4.20. The predicted molar refractivity (Wildman–Crippen MR) is 48.8 cm³/mol. The molecule has 1 heteroatoms. The summed E-state index contributed by atoms with van der Waals surface area (Å²) in [5.41, 5.74) is 0. The molecule has 0 saturated heterocycles. The van der Waals surface area contributed by atoms with Crippen molar-refractivity contribution >= 4 is 5.78 Å². The number of carbonyl (C=O) groups excluding carboxylic acids is 1. The highest BCUT2D eigenvalue weighted by Crippen LogP contribution is 2.61. The summed E-state index contributed by atoms with van der Waals surface area (Å²) in [4.78, 5) is 11.8. The molecule has 0 aliphatic heterocycles. The summed E-state index contributed by atoms with van der Waals surface area (Å²) >= 11 is 0. The van der Waals surface area contributed by atoms with Crippen LogP contribution in [0.1, 0.15) is 6.42 Å². The number of ketones is 1. The van der Waals surface area contributed by atoms with E-state index in [9.17, 15) is 4.79 Å². The molecule has 0 heterocycles. The van der Waals surface area contributed by atoms with Crippen LogP contribution in [-0.4, -0.2) is 5.78 Å². The molecule has 6 atom stereocenters. The third-order valence-corrected chi connectivity index (χ3v) is 4.60. The standard InChI is InChI=1S/C12H12O/c13-12-8-3-4-9(12)11-7-2-1-6(5-7)10(8)11/h1-4,6-11H,5H2/t6?,7?,8?,9?,10-,11+. The minimum Gasteiger partial charge on any atom is -0.298 e. The third kappa shape index (κ3) is 0.551. The van der Waals surface area contributed by atoms with Crippen molar-refractivity contribution in [2.45, 2.75) is 6.42 Å². The van der Waals surface area contributed by atoms with Crippen LogP contribution in [0, 0.1) is 35.5 Å². The van der Waals surface area contributed by atoms with E-state index >= 15 is 0 Å². The summed E-state index contributed by atoms with van der Waals surface area (Å²) < 4.78 is 0. The monoisotopic (exact) mass is 172 g/mol. The molecule has 13 heavy (non-hydrogen) atoms. The van der Waals surface area contributed by atoms with E-state index in [4.69, 9.17) is 0 Å². The molecule has 0 amide bonds. The van der Waals surface area contributed by atoms with Crippen molar-refractivity contribution in [2.75, 3.05) is 0 Å². The zero-order chi connectivity index (χ0) is 8.58. The van der Waals surface area contributed by atoms with E-state index in [2.05, 4.69) is 24.3 Å². The fourth-order valence-corrected chi connectivity index (χ4v) is 4.20. The van der Waals surface area contributed by atoms with Crippen LogP contribution in [0.2, 0.25) is 0 Å². The Hall–Kier alpha value is -0.850. The number of fused-ring (bicyclic) bond motifs is 9. The zero-order valence-electron chi connectivity index (χ0n) is 7.39. The molecule has 0 spiro atoms. The molecular weight excluding hydrogens is 160 g/mol. The average molecular weight is 172 g/mol. The summed E-state index contributed by atoms with van der Waals surface area (Å²) in [7, 11) is 0. The quantitative estimate of drug-likeness (QED) is 0.402. The lowest BCUT2D eigenvalue weighted by Gasteiger charge is -2.27. The first-order valence-corrected chi connectivity index (χ1v) is 5.26. The van der Waals surface area contributed by atoms with Gasteiger partial charge in [0.1, 0.15) is 5.78 Å². The zero-order valence-corrected chi connectivity index (χ0v) is 7.39. The van der Waals surface area contributed by atoms with E-state index in [1.54, 1.807) is 0 Å². The highest BCUT2D eigenvalue weighted by Gasteiger charge is 2.60. The second-order valence-corrected chi connectivity index (χ2v) is 4.94. The molecule has 4 aliphatic rings. The molecule has 0 radical (unpaired) electrons. The summed E-state index contributed by atoms with van der Waals surface area (Å²) in [6.45, 7) is 0. The van der Waals surface area contributed by atoms with Gasteiger partial charge in [-0.15, -0.1) is 0 Å². The van der Waals surface area contributed by atoms with Crippen LogP contribution in [0.5, 0.6) is 0 Å². The lowest BCUT2D eigenvalue weighted by molar-refractivity contribution is -0.121. The van der Waals surface area contributed by atoms with Crippen molar-refractivity contribution in [3.63, 3.8) is 0 Å². The van der Waals surface area contributed by atoms with Crippen LogP contribution in [0.3, 0.4) is 0 Å². The van der Waals surface area contributed by atoms with Gasteiger partial charge in [0, 0.05) is 11.8 Å². The molecule has 2 saturated carbocycles. The van der Waals surface area contributed by atoms with Crippen molar-refractivity contribution in [3.8, 4) is 0 Å². The van der Waals surface area contributed by atoms with E-state index < -0.39 is 0 Å². The normalized spacial score (nSPS) is 59.5. The topological polar surface area (TPSA) is 17.1 Å². The molecule has 4 aliphatic carbocycles. The first-order chi connectivity index (χ1) is 6.36. The van der Waals surface area contributed by atoms with Crippen LogP contribution < -0.4 is 0 Å². The van der Waals surface area contributed by atoms with Gasteiger partial charge in [-0.05, 0) is 30.1 Å². The van der Waals surface area contributed by atoms with Crippen LogP contribution in [0.15, 0.2) is 24.3 Å². The minimum atomic E-state index is 0.301. The molecule has 0 aromatic heterocycles. The second kappa shape index (κ2) is 1.82. The Bertz CT molecular complexity index is 322. The fraction of sp³-hybridized carbons (Fsp3) is 0.583. The van der Waals surface area contributed by atoms with Gasteiger partial charge in [0.05, 0.1) is 0 Å². The number of rotatable bonds is 0. The first-order valence-electron chi connectivity index (χ1n) is 5.26. The number of allylic oxidation sites excluding steroid dienone is 4. The second-order valence-electron chi connectivity index (χ2n) is 4.94. The molecule has 4 unspecified atom stereocenters. The molecular formula is C12H12O. The van der Waals surface area contributed by atoms with Crippen molar-refractivity contribution < 1.29 is 4.79 Å². The Morgan fingerprint density at radius 3 is 2.00 bits per heavy atom. The average Bonchev–Trinajstić information content (AvgIpc) is 2.84. The van der Waals surface area contributed by atoms with Crippen molar-refractivity contribution in [1.82, 2.24) is 0 Å². The van der Waals surface area contributed by atoms with Gasteiger partial charge in [-0.25, -0.2) is 0 Å². The van der Waals surface area contributed by atoms with Crippen molar-refractivity contribution in [2.24, 2.45) is 35.5 Å². The summed E-state index contributed by atoms with van der Waals surface area (Å²) in [6.07, 6.45) is 10.4. The minimum absolute atomic E-state index is 0.301. The number of hydrogen-bond acceptors (Lipinski definition) is 1. The van der Waals surface area contributed by atoms with Crippen LogP contribution >= 0.6 is 0 Å². The summed E-state index contributed by atoms with van der Waals surface area (Å²) in [5, 5.41) is 0. The van der Waals surface area contributed by atoms with Crippen molar-refractivity contribution in [3.05, 3.63) is 24.3 Å². The third-order valence-electron chi connectivity index (χ3n) is 4.60. The van der Waals surface area contributed by atoms with E-state index in [0.717, 1.165) is 11.8 Å². The number of carbonyl (C=O) groups is 1. The first kappa shape index (κ1) is 6.58. The molecule has 0 aromatic carbocycles. The maximum atomic E-state index is 11.8. The van der Waals surface area contributed by atoms with Gasteiger partial charge >= 0.3 is 0 Å². The highest BCUT2D eigenvalue weighted by molar-refractivity contribution is 5.92. The molecule has 4 rings (SSSR count). The Morgan fingerprint density at radius 2 is 1.46 bits per heavy atom. The maximum Gasteiger partial charge on any atom is 0.147 e. The predicted octanol–water partition coefficient (Wildman–Crippen LogP) is 1.81. The Kier molecular flexibility index (Phi) is 0.919. The molecule has 4 bridgehead atoms. The van der Waals surface area contributed by atoms with E-state index in [-0.39, 0.29) is 0 Å². The van der Waals surface area contributed by atoms with Gasteiger partial charge in [0.25, 0.3) is 0 Å². The number of hydrogen-bond donors (Lipinski definition) is 0. The Balaban J connectivity index is 1.89. The molecule has 0 N–H and O–H groups in total. The van der Waals surface area contributed by atoms with Gasteiger partial charge in [0.15, 0.2) is 0 Å². The van der Waals surface area contributed by atoms with Gasteiger partial charge in [-0.1, -0.05) is 24.3 Å². The van der Waals surface area contributed by atoms with Crippen LogP contribution in [-0.2, 0) is 4.79 Å². The van der Waals surface area contributed by atoms with E-state index in [1.807, 2.05) is 0 Å². The Morgan fingerprint density at radius 1 is 0.923 bits per heavy atom. The maximum absolute atomic E-state index is 11.8. The summed E-state index contributed by atoms with van der Waals surface area (Å²) in [5.74, 6) is 3.98. The molecule has 1 nitrogen and oxygen atoms in total. The highest BCUT2D eigenvalue weighted by atomic mass is 16.1. The number of Topliss-reactive ketones (excluding diaryl/α,β-unsaturated/α-hetero) is 1. The smallest absolute Gasteiger partial charge is 0.147 e. The van der Waals surface area contributed by atoms with Gasteiger partial charge in [-0.2, -0.15) is 0 Å². The van der Waals surface area contributed by atoms with Crippen LogP contribution in [0.4, 0.5) is 0 Å². The van der Waals surface area contributed by atoms with Gasteiger partial charge < -0.3 is 0 Å². The lowest BCUT2D eigenvalue weighted by atomic mass is 9.76. The lowest BCUT2D eigenvalue weighted by Crippen LogP contribution is -2.23. The molecule has 0 aromatic rings. The van der Waals surface area contributed by atoms with Gasteiger partial charge in [0.2, 0.25) is 0 Å². The largest absolute Gasteiger partial charge is 0.298 e. The molecule has 66 valence electrons.